The largest absolute Gasteiger partial charge is 0.492 e. The zero-order chi connectivity index (χ0) is 16.7. The van der Waals surface area contributed by atoms with Crippen molar-refractivity contribution in [3.05, 3.63) is 59.1 Å². The molecule has 0 spiro atoms. The van der Waals surface area contributed by atoms with Gasteiger partial charge in [0.15, 0.2) is 0 Å². The minimum absolute atomic E-state index is 0.151. The maximum atomic E-state index is 12.0. The highest BCUT2D eigenvalue weighted by molar-refractivity contribution is 7.89. The first-order valence-corrected chi connectivity index (χ1v) is 8.91. The molecular formula is C16H17ClN2O3S. The zero-order valence-electron chi connectivity index (χ0n) is 12.6. The van der Waals surface area contributed by atoms with Crippen molar-refractivity contribution < 1.29 is 13.2 Å². The summed E-state index contributed by atoms with van der Waals surface area (Å²) in [6.45, 7) is 2.60. The van der Waals surface area contributed by atoms with Gasteiger partial charge in [-0.2, -0.15) is 13.5 Å². The van der Waals surface area contributed by atoms with Crippen LogP contribution in [0.3, 0.4) is 0 Å². The van der Waals surface area contributed by atoms with E-state index < -0.39 is 10.0 Å². The summed E-state index contributed by atoms with van der Waals surface area (Å²) >= 11 is 6.10. The molecule has 0 unspecified atom stereocenters. The van der Waals surface area contributed by atoms with E-state index in [2.05, 4.69) is 9.93 Å². The predicted molar refractivity (Wildman–Crippen MR) is 91.6 cm³/mol. The van der Waals surface area contributed by atoms with Crippen LogP contribution in [0.2, 0.25) is 5.02 Å². The molecule has 0 fully saturated rings. The predicted octanol–water partition coefficient (Wildman–Crippen LogP) is 3.44. The highest BCUT2D eigenvalue weighted by atomic mass is 35.5. The van der Waals surface area contributed by atoms with Crippen LogP contribution in [0, 0.1) is 0 Å². The van der Waals surface area contributed by atoms with E-state index in [-0.39, 0.29) is 4.90 Å². The molecule has 2 rings (SSSR count). The third-order valence-corrected chi connectivity index (χ3v) is 4.39. The van der Waals surface area contributed by atoms with E-state index in [1.54, 1.807) is 36.4 Å². The smallest absolute Gasteiger partial charge is 0.276 e. The lowest BCUT2D eigenvalue weighted by molar-refractivity contribution is 0.317. The molecule has 0 saturated heterocycles. The number of ether oxygens (including phenoxy) is 1. The van der Waals surface area contributed by atoms with E-state index in [9.17, 15) is 8.42 Å². The second-order valence-electron chi connectivity index (χ2n) is 4.70. The summed E-state index contributed by atoms with van der Waals surface area (Å²) in [5.41, 5.74) is 0.662. The van der Waals surface area contributed by atoms with E-state index in [0.717, 1.165) is 6.42 Å². The average Bonchev–Trinajstić information content (AvgIpc) is 2.55. The van der Waals surface area contributed by atoms with E-state index in [1.165, 1.54) is 18.3 Å². The molecule has 7 heteroatoms. The Kier molecular flexibility index (Phi) is 6.01. The quantitative estimate of drug-likeness (QED) is 0.613. The third-order valence-electron chi connectivity index (χ3n) is 2.86. The molecule has 122 valence electrons. The van der Waals surface area contributed by atoms with Gasteiger partial charge >= 0.3 is 0 Å². The summed E-state index contributed by atoms with van der Waals surface area (Å²) in [5, 5.41) is 4.21. The van der Waals surface area contributed by atoms with Gasteiger partial charge in [-0.25, -0.2) is 4.83 Å². The lowest BCUT2D eigenvalue weighted by atomic mass is 10.2. The van der Waals surface area contributed by atoms with E-state index in [0.29, 0.717) is 22.9 Å². The van der Waals surface area contributed by atoms with E-state index in [1.807, 2.05) is 6.92 Å². The summed E-state index contributed by atoms with van der Waals surface area (Å²) in [4.78, 5) is 2.31. The maximum Gasteiger partial charge on any atom is 0.276 e. The molecular weight excluding hydrogens is 336 g/mol. The van der Waals surface area contributed by atoms with Crippen molar-refractivity contribution in [2.75, 3.05) is 6.61 Å². The molecule has 1 N–H and O–H groups in total. The Morgan fingerprint density at radius 1 is 1.22 bits per heavy atom. The van der Waals surface area contributed by atoms with Gasteiger partial charge in [0, 0.05) is 0 Å². The number of halogens is 1. The van der Waals surface area contributed by atoms with Crippen LogP contribution in [0.5, 0.6) is 5.75 Å². The highest BCUT2D eigenvalue weighted by Gasteiger charge is 2.11. The molecule has 0 bridgehead atoms. The van der Waals surface area contributed by atoms with Crippen LogP contribution in [-0.2, 0) is 10.0 Å². The van der Waals surface area contributed by atoms with E-state index >= 15 is 0 Å². The minimum atomic E-state index is -3.67. The summed E-state index contributed by atoms with van der Waals surface area (Å²) in [6, 6.07) is 13.2. The van der Waals surface area contributed by atoms with Gasteiger partial charge < -0.3 is 4.74 Å². The van der Waals surface area contributed by atoms with Gasteiger partial charge in [-0.1, -0.05) is 36.7 Å². The summed E-state index contributed by atoms with van der Waals surface area (Å²) in [6.07, 6.45) is 2.27. The number of sulfonamides is 1. The first kappa shape index (κ1) is 17.3. The summed E-state index contributed by atoms with van der Waals surface area (Å²) < 4.78 is 29.5. The molecule has 0 aliphatic rings. The molecule has 0 heterocycles. The monoisotopic (exact) mass is 352 g/mol. The topological polar surface area (TPSA) is 67.8 Å². The molecule has 0 aromatic heterocycles. The SMILES string of the molecule is CCCOc1ccc(/C=N/NS(=O)(=O)c2ccccc2)cc1Cl. The Labute approximate surface area is 141 Å². The van der Waals surface area contributed by atoms with Crippen LogP contribution in [0.15, 0.2) is 58.5 Å². The van der Waals surface area contributed by atoms with Gasteiger partial charge in [-0.15, -0.1) is 0 Å². The molecule has 0 atom stereocenters. The number of nitrogens with one attached hydrogen (secondary N) is 1. The molecule has 2 aromatic carbocycles. The van der Waals surface area contributed by atoms with Crippen LogP contribution in [0.1, 0.15) is 18.9 Å². The Balaban J connectivity index is 2.05. The Morgan fingerprint density at radius 3 is 2.61 bits per heavy atom. The standard InChI is InChI=1S/C16H17ClN2O3S/c1-2-10-22-16-9-8-13(11-15(16)17)12-18-19-23(20,21)14-6-4-3-5-7-14/h3-9,11-12,19H,2,10H2,1H3/b18-12+. The second kappa shape index (κ2) is 7.99. The first-order valence-electron chi connectivity index (χ1n) is 7.05. The van der Waals surface area contributed by atoms with Gasteiger partial charge in [-0.05, 0) is 42.3 Å². The zero-order valence-corrected chi connectivity index (χ0v) is 14.1. The molecule has 5 nitrogen and oxygen atoms in total. The minimum Gasteiger partial charge on any atom is -0.492 e. The van der Waals surface area contributed by atoms with Gasteiger partial charge in [0.1, 0.15) is 5.75 Å². The van der Waals surface area contributed by atoms with Crippen molar-refractivity contribution in [3.63, 3.8) is 0 Å². The van der Waals surface area contributed by atoms with Gasteiger partial charge in [0.25, 0.3) is 10.0 Å². The Hall–Kier alpha value is -2.05. The second-order valence-corrected chi connectivity index (χ2v) is 6.77. The fourth-order valence-corrected chi connectivity index (χ4v) is 2.80. The molecule has 23 heavy (non-hydrogen) atoms. The van der Waals surface area contributed by atoms with Crippen molar-refractivity contribution in [1.29, 1.82) is 0 Å². The summed E-state index contributed by atoms with van der Waals surface area (Å²) in [5.74, 6) is 0.593. The molecule has 2 aromatic rings. The number of rotatable bonds is 7. The van der Waals surface area contributed by atoms with Crippen LogP contribution in [0.25, 0.3) is 0 Å². The Morgan fingerprint density at radius 2 is 1.96 bits per heavy atom. The van der Waals surface area contributed by atoms with Crippen molar-refractivity contribution in [2.45, 2.75) is 18.2 Å². The third kappa shape index (κ3) is 4.97. The van der Waals surface area contributed by atoms with Gasteiger partial charge in [0.2, 0.25) is 0 Å². The number of nitrogens with zero attached hydrogens (tertiary/aromatic N) is 1. The highest BCUT2D eigenvalue weighted by Crippen LogP contribution is 2.25. The number of hydrazone groups is 1. The molecule has 0 saturated carbocycles. The molecule has 0 radical (unpaired) electrons. The molecule has 0 aliphatic carbocycles. The molecule has 0 amide bonds. The lowest BCUT2D eigenvalue weighted by Crippen LogP contribution is -2.18. The van der Waals surface area contributed by atoms with E-state index in [4.69, 9.17) is 16.3 Å². The normalized spacial score (nSPS) is 11.6. The van der Waals surface area contributed by atoms with Crippen LogP contribution in [0.4, 0.5) is 0 Å². The van der Waals surface area contributed by atoms with Crippen LogP contribution >= 0.6 is 11.6 Å². The fourth-order valence-electron chi connectivity index (χ4n) is 1.75. The van der Waals surface area contributed by atoms with Gasteiger partial charge in [-0.3, -0.25) is 0 Å². The van der Waals surface area contributed by atoms with Crippen molar-refractivity contribution in [1.82, 2.24) is 4.83 Å². The summed E-state index contributed by atoms with van der Waals surface area (Å²) in [7, 11) is -3.67. The lowest BCUT2D eigenvalue weighted by Gasteiger charge is -2.07. The number of hydrogen-bond donors (Lipinski definition) is 1. The Bertz CT molecular complexity index is 777. The fraction of sp³-hybridized carbons (Fsp3) is 0.188. The maximum absolute atomic E-state index is 12.0. The average molecular weight is 353 g/mol. The van der Waals surface area contributed by atoms with Crippen LogP contribution in [-0.4, -0.2) is 21.2 Å². The van der Waals surface area contributed by atoms with Crippen LogP contribution < -0.4 is 9.57 Å². The van der Waals surface area contributed by atoms with Crippen molar-refractivity contribution >= 4 is 27.8 Å². The van der Waals surface area contributed by atoms with Crippen molar-refractivity contribution in [3.8, 4) is 5.75 Å². The molecule has 0 aliphatic heterocycles. The number of hydrogen-bond acceptors (Lipinski definition) is 4. The number of benzene rings is 2. The van der Waals surface area contributed by atoms with Gasteiger partial charge in [0.05, 0.1) is 22.7 Å². The first-order chi connectivity index (χ1) is 11.0. The van der Waals surface area contributed by atoms with Crippen molar-refractivity contribution in [2.24, 2.45) is 5.10 Å².